The summed E-state index contributed by atoms with van der Waals surface area (Å²) in [5, 5.41) is 5.39. The summed E-state index contributed by atoms with van der Waals surface area (Å²) in [4.78, 5) is 0. The van der Waals surface area contributed by atoms with E-state index in [0.717, 1.165) is 0 Å². The van der Waals surface area contributed by atoms with E-state index in [0.29, 0.717) is 0 Å². The van der Waals surface area contributed by atoms with Gasteiger partial charge in [-0.15, -0.1) is 39.7 Å². The second-order valence-electron chi connectivity index (χ2n) is 6.72. The average molecular weight is 444 g/mol. The number of halogens is 2. The molecule has 4 aromatic rings. The molecule has 4 aromatic carbocycles. The van der Waals surface area contributed by atoms with Gasteiger partial charge in [0.1, 0.15) is 0 Å². The molecule has 0 amide bonds. The van der Waals surface area contributed by atoms with E-state index in [1.54, 1.807) is 5.56 Å². The van der Waals surface area contributed by atoms with Crippen molar-refractivity contribution in [3.05, 3.63) is 82.4 Å². The van der Waals surface area contributed by atoms with Crippen molar-refractivity contribution >= 4 is 21.5 Å². The van der Waals surface area contributed by atoms with Crippen molar-refractivity contribution in [1.29, 1.82) is 0 Å². The van der Waals surface area contributed by atoms with E-state index in [4.69, 9.17) is 0 Å². The van der Waals surface area contributed by atoms with E-state index < -0.39 is 24.5 Å². The van der Waals surface area contributed by atoms with Gasteiger partial charge in [-0.1, -0.05) is 77.4 Å². The molecule has 0 saturated heterocycles. The summed E-state index contributed by atoms with van der Waals surface area (Å²) in [6.07, 6.45) is 1.17. The van der Waals surface area contributed by atoms with Gasteiger partial charge >= 0.3 is 29.7 Å². The standard InChI is InChI=1S/C13H9.C11H17.2FH.Zr/c1-3-7-12-10(5-1)9-11-6-2-4-8-13(11)12;1-6-11-9(4)7(2)8(3)10(11)5;;;/h1-9H;6H2,1-5H3;2*1H;/q2*-1;;;+4/p-2. The van der Waals surface area contributed by atoms with Gasteiger partial charge in [0.2, 0.25) is 0 Å². The number of fused-ring (bicyclic) bond motifs is 3. The van der Waals surface area contributed by atoms with Gasteiger partial charge in [-0.05, 0) is 0 Å². The van der Waals surface area contributed by atoms with Gasteiger partial charge in [-0.3, -0.25) is 0 Å². The maximum absolute atomic E-state index is 9.80. The fourth-order valence-corrected chi connectivity index (χ4v) is 3.73. The molecular formula is C24H26F2Zr. The molecule has 0 aliphatic carbocycles. The third-order valence-corrected chi connectivity index (χ3v) is 5.47. The minimum absolute atomic E-state index is 1.17. The Kier molecular flexibility index (Phi) is 8.11. The van der Waals surface area contributed by atoms with E-state index in [-0.39, 0.29) is 0 Å². The monoisotopic (exact) mass is 442 g/mol. The zero-order valence-corrected chi connectivity index (χ0v) is 19.1. The zero-order valence-electron chi connectivity index (χ0n) is 16.7. The van der Waals surface area contributed by atoms with Crippen LogP contribution >= 0.6 is 0 Å². The molecule has 0 radical (unpaired) electrons. The molecule has 0 bridgehead atoms. The molecule has 0 saturated carbocycles. The normalized spacial score (nSPS) is 10.0. The average Bonchev–Trinajstić information content (AvgIpc) is 3.14. The molecule has 0 spiro atoms. The van der Waals surface area contributed by atoms with Gasteiger partial charge < -0.3 is 0 Å². The quantitative estimate of drug-likeness (QED) is 0.264. The van der Waals surface area contributed by atoms with Crippen LogP contribution in [0.15, 0.2) is 54.6 Å². The van der Waals surface area contributed by atoms with Gasteiger partial charge in [0, 0.05) is 0 Å². The Labute approximate surface area is 174 Å². The van der Waals surface area contributed by atoms with Crippen molar-refractivity contribution < 1.29 is 29.7 Å². The van der Waals surface area contributed by atoms with Crippen molar-refractivity contribution in [2.24, 2.45) is 0 Å². The third-order valence-electron chi connectivity index (χ3n) is 5.47. The molecule has 3 heteroatoms. The number of rotatable bonds is 1. The maximum Gasteiger partial charge on any atom is -0.0771 e. The Bertz CT molecular complexity index is 932. The van der Waals surface area contributed by atoms with Crippen molar-refractivity contribution in [1.82, 2.24) is 0 Å². The minimum atomic E-state index is -2.77. The fourth-order valence-electron chi connectivity index (χ4n) is 3.73. The molecule has 0 nitrogen and oxygen atoms in total. The summed E-state index contributed by atoms with van der Waals surface area (Å²) < 4.78 is 19.6. The predicted octanol–water partition coefficient (Wildman–Crippen LogP) is 7.75. The summed E-state index contributed by atoms with van der Waals surface area (Å²) in [6.45, 7) is 11.1. The van der Waals surface area contributed by atoms with Crippen LogP contribution in [0.1, 0.15) is 34.7 Å². The summed E-state index contributed by atoms with van der Waals surface area (Å²) in [7, 11) is 0. The van der Waals surface area contributed by atoms with Crippen LogP contribution in [0.4, 0.5) is 5.25 Å². The first-order valence-corrected chi connectivity index (χ1v) is 11.0. The maximum atomic E-state index is 9.80. The van der Waals surface area contributed by atoms with Gasteiger partial charge in [-0.25, -0.2) is 0 Å². The third kappa shape index (κ3) is 4.82. The molecular weight excluding hydrogens is 417 g/mol. The first-order valence-electron chi connectivity index (χ1n) is 9.17. The predicted molar refractivity (Wildman–Crippen MR) is 110 cm³/mol. The van der Waals surface area contributed by atoms with Crippen LogP contribution in [0, 0.1) is 27.7 Å². The van der Waals surface area contributed by atoms with Crippen molar-refractivity contribution in [2.45, 2.75) is 41.0 Å². The number of benzene rings is 2. The molecule has 140 valence electrons. The largest absolute Gasteiger partial charge is 0.126 e. The van der Waals surface area contributed by atoms with Crippen LogP contribution in [0.2, 0.25) is 0 Å². The molecule has 0 aliphatic rings. The van der Waals surface area contributed by atoms with E-state index in [1.165, 1.54) is 50.2 Å². The van der Waals surface area contributed by atoms with E-state index in [1.807, 2.05) is 0 Å². The smallest absolute Gasteiger partial charge is 0.0771 e. The second-order valence-corrected chi connectivity index (χ2v) is 7.07. The molecule has 4 rings (SSSR count). The Morgan fingerprint density at radius 2 is 1.15 bits per heavy atom. The molecule has 0 atom stereocenters. The molecule has 0 aromatic heterocycles. The topological polar surface area (TPSA) is 0 Å². The SMILES string of the molecule is CC[c-]1c(C)c(C)c(C)c1C.[F][Zr+2][F].c1ccc2c(c1)[cH-]c1ccccc12. The summed E-state index contributed by atoms with van der Waals surface area (Å²) >= 11 is -2.77. The fraction of sp³-hybridized carbons (Fsp3) is 0.250. The first kappa shape index (κ1) is 21.7. The second kappa shape index (κ2) is 10.1. The number of hydrogen-bond donors (Lipinski definition) is 0. The minimum Gasteiger partial charge on any atom is -0.126 e. The molecule has 27 heavy (non-hydrogen) atoms. The Balaban J connectivity index is 0.000000172. The van der Waals surface area contributed by atoms with E-state index in [9.17, 15) is 5.25 Å². The molecule has 0 unspecified atom stereocenters. The van der Waals surface area contributed by atoms with Gasteiger partial charge in [0.15, 0.2) is 0 Å². The van der Waals surface area contributed by atoms with E-state index >= 15 is 0 Å². The summed E-state index contributed by atoms with van der Waals surface area (Å²) in [6, 6.07) is 19.3. The van der Waals surface area contributed by atoms with Crippen molar-refractivity contribution in [3.8, 4) is 0 Å². The van der Waals surface area contributed by atoms with Crippen molar-refractivity contribution in [2.75, 3.05) is 0 Å². The molecule has 0 N–H and O–H groups in total. The summed E-state index contributed by atoms with van der Waals surface area (Å²) in [5.41, 5.74) is 7.53. The van der Waals surface area contributed by atoms with Crippen LogP contribution in [0.25, 0.3) is 21.5 Å². The van der Waals surface area contributed by atoms with Gasteiger partial charge in [-0.2, -0.15) is 27.8 Å². The Hall–Kier alpha value is -1.60. The van der Waals surface area contributed by atoms with Crippen LogP contribution < -0.4 is 0 Å². The van der Waals surface area contributed by atoms with E-state index in [2.05, 4.69) is 89.2 Å². The zero-order chi connectivity index (χ0) is 20.0. The van der Waals surface area contributed by atoms with Crippen LogP contribution in [0.5, 0.6) is 0 Å². The van der Waals surface area contributed by atoms with Crippen LogP contribution in [-0.2, 0) is 30.9 Å². The Morgan fingerprint density at radius 3 is 1.48 bits per heavy atom. The number of hydrogen-bond acceptors (Lipinski definition) is 0. The Morgan fingerprint density at radius 1 is 0.778 bits per heavy atom. The molecule has 0 fully saturated rings. The van der Waals surface area contributed by atoms with Crippen LogP contribution in [0.3, 0.4) is 0 Å². The van der Waals surface area contributed by atoms with Gasteiger partial charge in [0.25, 0.3) is 0 Å². The van der Waals surface area contributed by atoms with Gasteiger partial charge in [0.05, 0.1) is 0 Å². The summed E-state index contributed by atoms with van der Waals surface area (Å²) in [5.74, 6) is 0. The first-order chi connectivity index (χ1) is 13.0. The van der Waals surface area contributed by atoms with Crippen molar-refractivity contribution in [3.63, 3.8) is 0 Å². The molecule has 0 aliphatic heterocycles. The molecule has 0 heterocycles. The van der Waals surface area contributed by atoms with Crippen LogP contribution in [-0.4, -0.2) is 0 Å².